The maximum atomic E-state index is 13.4. The highest BCUT2D eigenvalue weighted by molar-refractivity contribution is 5.84. The molecule has 2 atom stereocenters. The van der Waals surface area contributed by atoms with Gasteiger partial charge in [-0.05, 0) is 108 Å². The summed E-state index contributed by atoms with van der Waals surface area (Å²) < 4.78 is 43.7. The van der Waals surface area contributed by atoms with Gasteiger partial charge < -0.3 is 18.9 Å². The zero-order valence-corrected chi connectivity index (χ0v) is 30.1. The number of oxazole rings is 1. The van der Waals surface area contributed by atoms with Crippen molar-refractivity contribution in [3.8, 4) is 39.6 Å². The van der Waals surface area contributed by atoms with Crippen LogP contribution in [-0.2, 0) is 11.3 Å². The lowest BCUT2D eigenvalue weighted by Crippen LogP contribution is -2.36. The van der Waals surface area contributed by atoms with Crippen LogP contribution in [0.4, 0.5) is 13.6 Å². The molecule has 2 aromatic heterocycles. The van der Waals surface area contributed by atoms with Crippen molar-refractivity contribution in [3.05, 3.63) is 77.2 Å². The summed E-state index contributed by atoms with van der Waals surface area (Å²) in [5, 5.41) is 0. The van der Waals surface area contributed by atoms with Gasteiger partial charge in [-0.2, -0.15) is 8.78 Å². The van der Waals surface area contributed by atoms with Crippen LogP contribution in [0.5, 0.6) is 5.75 Å². The first kappa shape index (κ1) is 34.7. The summed E-state index contributed by atoms with van der Waals surface area (Å²) in [5.74, 6) is 1.27. The number of aromatic nitrogens is 3. The fourth-order valence-electron chi connectivity index (χ4n) is 7.50. The second-order valence-electron chi connectivity index (χ2n) is 14.8. The molecule has 9 nitrogen and oxygen atoms in total. The largest absolute Gasteiger partial charge is 0.444 e. The van der Waals surface area contributed by atoms with Gasteiger partial charge in [-0.1, -0.05) is 30.3 Å². The highest BCUT2D eigenvalue weighted by Crippen LogP contribution is 2.39. The van der Waals surface area contributed by atoms with Gasteiger partial charge in [0.1, 0.15) is 22.7 Å². The van der Waals surface area contributed by atoms with Crippen molar-refractivity contribution in [2.24, 2.45) is 0 Å². The van der Waals surface area contributed by atoms with Crippen LogP contribution in [-0.4, -0.2) is 62.2 Å². The second kappa shape index (κ2) is 13.7. The molecule has 0 bridgehead atoms. The molecule has 11 heteroatoms. The third-order valence-electron chi connectivity index (χ3n) is 10.1. The quantitative estimate of drug-likeness (QED) is 0.172. The Morgan fingerprint density at radius 2 is 1.69 bits per heavy atom. The molecule has 1 amide bonds. The summed E-state index contributed by atoms with van der Waals surface area (Å²) in [6, 6.07) is 15.8. The third kappa shape index (κ3) is 7.08. The number of hydrogen-bond donors (Lipinski definition) is 1. The van der Waals surface area contributed by atoms with Gasteiger partial charge in [-0.25, -0.2) is 14.8 Å². The zero-order valence-electron chi connectivity index (χ0n) is 30.1. The van der Waals surface area contributed by atoms with Gasteiger partial charge in [0, 0.05) is 41.9 Å². The first-order chi connectivity index (χ1) is 24.4. The number of benzene rings is 3. The third-order valence-corrected chi connectivity index (χ3v) is 10.1. The summed E-state index contributed by atoms with van der Waals surface area (Å²) in [4.78, 5) is 30.1. The number of likely N-dealkylation sites (tertiary alicyclic amines) is 2. The number of ether oxygens (including phenoxy) is 2. The number of rotatable bonds is 8. The van der Waals surface area contributed by atoms with Gasteiger partial charge in [-0.15, -0.1) is 0 Å². The minimum absolute atomic E-state index is 0.115. The molecule has 268 valence electrons. The topological polar surface area (TPSA) is 96.7 Å². The van der Waals surface area contributed by atoms with E-state index >= 15 is 0 Å². The Balaban J connectivity index is 1.19. The van der Waals surface area contributed by atoms with Gasteiger partial charge in [0.2, 0.25) is 5.89 Å². The molecule has 4 heterocycles. The van der Waals surface area contributed by atoms with E-state index in [1.54, 1.807) is 4.90 Å². The van der Waals surface area contributed by atoms with Crippen LogP contribution in [0.15, 0.2) is 59.1 Å². The van der Waals surface area contributed by atoms with Crippen molar-refractivity contribution in [1.82, 2.24) is 24.8 Å². The molecule has 5 aromatic rings. The molecule has 0 spiro atoms. The van der Waals surface area contributed by atoms with Crippen LogP contribution < -0.4 is 4.74 Å². The fourth-order valence-corrected chi connectivity index (χ4v) is 7.50. The van der Waals surface area contributed by atoms with Crippen LogP contribution in [0.1, 0.15) is 81.9 Å². The summed E-state index contributed by atoms with van der Waals surface area (Å²) in [5.41, 5.74) is 7.88. The predicted octanol–water partition coefficient (Wildman–Crippen LogP) is 9.83. The van der Waals surface area contributed by atoms with Crippen LogP contribution in [0.25, 0.3) is 44.9 Å². The fraction of sp³-hybridized carbons (Fsp3) is 0.425. The number of fused-ring (bicyclic) bond motifs is 1. The number of carbonyl (C=O) groups excluding carboxylic acids is 1. The van der Waals surface area contributed by atoms with Crippen molar-refractivity contribution in [2.75, 3.05) is 13.1 Å². The molecular weight excluding hydrogens is 652 g/mol. The Morgan fingerprint density at radius 1 is 1.00 bits per heavy atom. The summed E-state index contributed by atoms with van der Waals surface area (Å²) in [7, 11) is 0. The number of halogens is 2. The number of H-pyrrole nitrogens is 1. The number of nitrogens with zero attached hydrogens (tertiary/aromatic N) is 4. The van der Waals surface area contributed by atoms with E-state index in [0.29, 0.717) is 41.7 Å². The van der Waals surface area contributed by atoms with Gasteiger partial charge in [0.05, 0.1) is 17.9 Å². The van der Waals surface area contributed by atoms with E-state index in [4.69, 9.17) is 23.9 Å². The molecule has 2 aliphatic heterocycles. The number of amides is 1. The number of alkyl halides is 2. The Hall–Kier alpha value is -4.77. The van der Waals surface area contributed by atoms with Gasteiger partial charge in [0.25, 0.3) is 0 Å². The van der Waals surface area contributed by atoms with E-state index in [2.05, 4.69) is 41.9 Å². The number of carbonyl (C=O) groups is 1. The Kier molecular flexibility index (Phi) is 9.34. The maximum absolute atomic E-state index is 13.4. The molecular formula is C40H45F2N5O4. The average molecular weight is 698 g/mol. The van der Waals surface area contributed by atoms with Gasteiger partial charge in [0.15, 0.2) is 5.58 Å². The molecule has 7 rings (SSSR count). The normalized spacial score (nSPS) is 18.3. The first-order valence-corrected chi connectivity index (χ1v) is 17.7. The standard InChI is InChI=1S/C40H45F2N5O4/c1-23-11-9-17-46(23)22-26-19-31-35(20-34(26)50-38(41)42)49-37(45-31)30-15-8-13-28(25(30)3)27-12-7-14-29(24(27)2)32-21-43-36(44-32)33-16-10-18-47(33)39(48)51-40(4,5)6/h7-8,12-15,19-21,23,33,38H,9-11,16-18,22H2,1-6H3,(H,43,44)/t23-,33?/m1/s1. The highest BCUT2D eigenvalue weighted by Gasteiger charge is 2.35. The van der Waals surface area contributed by atoms with E-state index in [9.17, 15) is 13.6 Å². The Bertz CT molecular complexity index is 2070. The van der Waals surface area contributed by atoms with Crippen LogP contribution in [0.3, 0.4) is 0 Å². The minimum atomic E-state index is -2.94. The lowest BCUT2D eigenvalue weighted by atomic mass is 9.91. The van der Waals surface area contributed by atoms with E-state index in [-0.39, 0.29) is 17.9 Å². The van der Waals surface area contributed by atoms with Crippen molar-refractivity contribution in [1.29, 1.82) is 0 Å². The molecule has 2 fully saturated rings. The molecule has 0 saturated carbocycles. The van der Waals surface area contributed by atoms with Crippen molar-refractivity contribution in [3.63, 3.8) is 0 Å². The Morgan fingerprint density at radius 3 is 2.37 bits per heavy atom. The number of aromatic amines is 1. The summed E-state index contributed by atoms with van der Waals surface area (Å²) in [6.45, 7) is 11.0. The molecule has 1 unspecified atom stereocenters. The van der Waals surface area contributed by atoms with Gasteiger partial charge in [-0.3, -0.25) is 9.80 Å². The molecule has 2 aliphatic rings. The maximum Gasteiger partial charge on any atom is 0.410 e. The Labute approximate surface area is 297 Å². The SMILES string of the molecule is Cc1c(-c2cnc(C3CCCN3C(=O)OC(C)(C)C)[nH]2)cccc1-c1cccc(-c2nc3cc(CN4CCC[C@H]4C)c(OC(F)F)cc3o2)c1C. The number of nitrogens with one attached hydrogen (secondary N) is 1. The van der Waals surface area contributed by atoms with Crippen LogP contribution >= 0.6 is 0 Å². The highest BCUT2D eigenvalue weighted by atomic mass is 19.3. The lowest BCUT2D eigenvalue weighted by molar-refractivity contribution is -0.0507. The van der Waals surface area contributed by atoms with E-state index < -0.39 is 12.2 Å². The molecule has 3 aromatic carbocycles. The zero-order chi connectivity index (χ0) is 36.0. The average Bonchev–Trinajstić information content (AvgIpc) is 3.88. The molecule has 0 aliphatic carbocycles. The smallest absolute Gasteiger partial charge is 0.410 e. The summed E-state index contributed by atoms with van der Waals surface area (Å²) >= 11 is 0. The van der Waals surface area contributed by atoms with Crippen LogP contribution in [0.2, 0.25) is 0 Å². The summed E-state index contributed by atoms with van der Waals surface area (Å²) in [6.07, 6.45) is 5.37. The minimum Gasteiger partial charge on any atom is -0.444 e. The second-order valence-corrected chi connectivity index (χ2v) is 14.8. The first-order valence-electron chi connectivity index (χ1n) is 17.7. The van der Waals surface area contributed by atoms with Crippen LogP contribution in [0, 0.1) is 13.8 Å². The lowest BCUT2D eigenvalue weighted by Gasteiger charge is -2.27. The molecule has 51 heavy (non-hydrogen) atoms. The van der Waals surface area contributed by atoms with Gasteiger partial charge >= 0.3 is 12.7 Å². The predicted molar refractivity (Wildman–Crippen MR) is 193 cm³/mol. The monoisotopic (exact) mass is 697 g/mol. The van der Waals surface area contributed by atoms with E-state index in [0.717, 1.165) is 77.1 Å². The van der Waals surface area contributed by atoms with E-state index in [1.807, 2.05) is 58.2 Å². The molecule has 1 N–H and O–H groups in total. The van der Waals surface area contributed by atoms with Crippen molar-refractivity contribution < 1.29 is 27.5 Å². The van der Waals surface area contributed by atoms with Crippen molar-refractivity contribution in [2.45, 2.75) is 98.1 Å². The number of hydrogen-bond acceptors (Lipinski definition) is 7. The molecule has 0 radical (unpaired) electrons. The van der Waals surface area contributed by atoms with Crippen molar-refractivity contribution >= 4 is 17.2 Å². The van der Waals surface area contributed by atoms with E-state index in [1.165, 1.54) is 6.07 Å². The molecule has 2 saturated heterocycles. The number of imidazole rings is 1.